The lowest BCUT2D eigenvalue weighted by atomic mass is 9.96. The first kappa shape index (κ1) is 6.82. The molecule has 1 aromatic heterocycles. The number of imidazole rings is 1. The highest BCUT2D eigenvalue weighted by atomic mass is 16.3. The summed E-state index contributed by atoms with van der Waals surface area (Å²) in [7, 11) is 1.89. The molecule has 0 amide bonds. The van der Waals surface area contributed by atoms with Gasteiger partial charge < -0.3 is 15.0 Å². The lowest BCUT2D eigenvalue weighted by Gasteiger charge is -2.36. The highest BCUT2D eigenvalue weighted by molar-refractivity contribution is 5.11. The summed E-state index contributed by atoms with van der Waals surface area (Å²) in [6, 6.07) is 0. The highest BCUT2D eigenvalue weighted by Gasteiger charge is 2.39. The standard InChI is InChI=1S/C7H11N3O/c1-10-3-2-9-6(10)7(11)4-8-5-7/h2-3,8,11H,4-5H2,1H3. The average Bonchev–Trinajstić information content (AvgIpc) is 2.30. The zero-order chi connectivity index (χ0) is 7.90. The smallest absolute Gasteiger partial charge is 0.147 e. The molecule has 0 atom stereocenters. The van der Waals surface area contributed by atoms with Crippen LogP contribution in [0.2, 0.25) is 0 Å². The van der Waals surface area contributed by atoms with Crippen molar-refractivity contribution < 1.29 is 5.11 Å². The molecule has 2 N–H and O–H groups in total. The van der Waals surface area contributed by atoms with Crippen molar-refractivity contribution in [3.05, 3.63) is 18.2 Å². The molecule has 2 heterocycles. The molecule has 0 unspecified atom stereocenters. The van der Waals surface area contributed by atoms with Gasteiger partial charge in [0, 0.05) is 32.5 Å². The molecule has 0 radical (unpaired) electrons. The van der Waals surface area contributed by atoms with Crippen LogP contribution in [-0.4, -0.2) is 27.7 Å². The Labute approximate surface area is 64.9 Å². The Balaban J connectivity index is 2.35. The van der Waals surface area contributed by atoms with Crippen molar-refractivity contribution in [2.24, 2.45) is 7.05 Å². The van der Waals surface area contributed by atoms with Crippen molar-refractivity contribution in [2.45, 2.75) is 5.60 Å². The molecule has 4 nitrogen and oxygen atoms in total. The summed E-state index contributed by atoms with van der Waals surface area (Å²) >= 11 is 0. The van der Waals surface area contributed by atoms with Crippen LogP contribution in [0.4, 0.5) is 0 Å². The Hall–Kier alpha value is -0.870. The Kier molecular flexibility index (Phi) is 1.27. The third kappa shape index (κ3) is 0.868. The molecule has 0 aliphatic carbocycles. The number of hydrogen-bond donors (Lipinski definition) is 2. The SMILES string of the molecule is Cn1ccnc1C1(O)CNC1. The topological polar surface area (TPSA) is 50.1 Å². The van der Waals surface area contributed by atoms with Gasteiger partial charge in [-0.05, 0) is 0 Å². The van der Waals surface area contributed by atoms with Crippen LogP contribution >= 0.6 is 0 Å². The summed E-state index contributed by atoms with van der Waals surface area (Å²) in [5, 5.41) is 12.8. The molecule has 0 aromatic carbocycles. The minimum atomic E-state index is -0.724. The molecular formula is C7H11N3O. The van der Waals surface area contributed by atoms with Gasteiger partial charge in [0.15, 0.2) is 0 Å². The summed E-state index contributed by atoms with van der Waals surface area (Å²) in [6.07, 6.45) is 3.54. The summed E-state index contributed by atoms with van der Waals surface area (Å²) in [5.41, 5.74) is -0.724. The third-order valence-electron chi connectivity index (χ3n) is 2.07. The average molecular weight is 153 g/mol. The van der Waals surface area contributed by atoms with E-state index in [1.54, 1.807) is 6.20 Å². The monoisotopic (exact) mass is 153 g/mol. The summed E-state index contributed by atoms with van der Waals surface area (Å²) in [5.74, 6) is 0.747. The van der Waals surface area contributed by atoms with Gasteiger partial charge in [-0.2, -0.15) is 0 Å². The molecule has 60 valence electrons. The highest BCUT2D eigenvalue weighted by Crippen LogP contribution is 2.22. The van der Waals surface area contributed by atoms with Gasteiger partial charge in [-0.15, -0.1) is 0 Å². The van der Waals surface area contributed by atoms with Crippen molar-refractivity contribution in [1.82, 2.24) is 14.9 Å². The van der Waals surface area contributed by atoms with Crippen LogP contribution in [0.1, 0.15) is 5.82 Å². The van der Waals surface area contributed by atoms with Gasteiger partial charge >= 0.3 is 0 Å². The number of nitrogens with zero attached hydrogens (tertiary/aromatic N) is 2. The fraction of sp³-hybridized carbons (Fsp3) is 0.571. The molecule has 1 aliphatic rings. The van der Waals surface area contributed by atoms with Crippen molar-refractivity contribution in [2.75, 3.05) is 13.1 Å². The van der Waals surface area contributed by atoms with Crippen molar-refractivity contribution in [1.29, 1.82) is 0 Å². The van der Waals surface area contributed by atoms with E-state index in [1.807, 2.05) is 17.8 Å². The van der Waals surface area contributed by atoms with Gasteiger partial charge in [0.25, 0.3) is 0 Å². The number of aryl methyl sites for hydroxylation is 1. The summed E-state index contributed by atoms with van der Waals surface area (Å²) in [6.45, 7) is 1.22. The van der Waals surface area contributed by atoms with E-state index in [-0.39, 0.29) is 0 Å². The zero-order valence-electron chi connectivity index (χ0n) is 6.41. The second kappa shape index (κ2) is 2.06. The third-order valence-corrected chi connectivity index (χ3v) is 2.07. The minimum Gasteiger partial charge on any atom is -0.379 e. The zero-order valence-corrected chi connectivity index (χ0v) is 6.41. The van der Waals surface area contributed by atoms with E-state index >= 15 is 0 Å². The van der Waals surface area contributed by atoms with Crippen LogP contribution in [0, 0.1) is 0 Å². The van der Waals surface area contributed by atoms with Crippen molar-refractivity contribution in [3.63, 3.8) is 0 Å². The quantitative estimate of drug-likeness (QED) is 0.556. The minimum absolute atomic E-state index is 0.609. The molecule has 4 heteroatoms. The molecule has 1 saturated heterocycles. The Morgan fingerprint density at radius 1 is 1.73 bits per heavy atom. The number of aliphatic hydroxyl groups is 1. The number of β-amino-alcohol motifs (C(OH)–C–C–N with tert-alkyl or cyclic N) is 1. The second-order valence-electron chi connectivity index (χ2n) is 3.00. The van der Waals surface area contributed by atoms with Crippen LogP contribution in [-0.2, 0) is 12.6 Å². The number of nitrogens with one attached hydrogen (secondary N) is 1. The maximum atomic E-state index is 9.81. The first-order chi connectivity index (χ1) is 5.22. The lowest BCUT2D eigenvalue weighted by Crippen LogP contribution is -2.57. The van der Waals surface area contributed by atoms with E-state index in [0.29, 0.717) is 13.1 Å². The van der Waals surface area contributed by atoms with Gasteiger partial charge in [0.1, 0.15) is 11.4 Å². The largest absolute Gasteiger partial charge is 0.379 e. The number of hydrogen-bond acceptors (Lipinski definition) is 3. The first-order valence-corrected chi connectivity index (χ1v) is 3.63. The van der Waals surface area contributed by atoms with E-state index in [0.717, 1.165) is 5.82 Å². The predicted octanol–water partition coefficient (Wildman–Crippen LogP) is -0.789. The molecule has 1 aliphatic heterocycles. The number of rotatable bonds is 1. The van der Waals surface area contributed by atoms with E-state index < -0.39 is 5.60 Å². The van der Waals surface area contributed by atoms with E-state index in [1.165, 1.54) is 0 Å². The van der Waals surface area contributed by atoms with Crippen LogP contribution < -0.4 is 5.32 Å². The summed E-state index contributed by atoms with van der Waals surface area (Å²) in [4.78, 5) is 4.08. The fourth-order valence-corrected chi connectivity index (χ4v) is 1.33. The molecule has 0 saturated carbocycles. The predicted molar refractivity (Wildman–Crippen MR) is 40.0 cm³/mol. The maximum absolute atomic E-state index is 9.81. The lowest BCUT2D eigenvalue weighted by molar-refractivity contribution is -0.0249. The van der Waals surface area contributed by atoms with Gasteiger partial charge in [-0.3, -0.25) is 0 Å². The van der Waals surface area contributed by atoms with Gasteiger partial charge in [0.2, 0.25) is 0 Å². The van der Waals surface area contributed by atoms with Crippen LogP contribution in [0.5, 0.6) is 0 Å². The summed E-state index contributed by atoms with van der Waals surface area (Å²) < 4.78 is 1.85. The van der Waals surface area contributed by atoms with Crippen LogP contribution in [0.15, 0.2) is 12.4 Å². The Morgan fingerprint density at radius 3 is 2.82 bits per heavy atom. The molecule has 2 rings (SSSR count). The van der Waals surface area contributed by atoms with Crippen LogP contribution in [0.25, 0.3) is 0 Å². The van der Waals surface area contributed by atoms with Gasteiger partial charge in [-0.1, -0.05) is 0 Å². The number of aromatic nitrogens is 2. The van der Waals surface area contributed by atoms with Crippen molar-refractivity contribution in [3.8, 4) is 0 Å². The van der Waals surface area contributed by atoms with Gasteiger partial charge in [0.05, 0.1) is 0 Å². The van der Waals surface area contributed by atoms with Gasteiger partial charge in [-0.25, -0.2) is 4.98 Å². The molecule has 1 fully saturated rings. The van der Waals surface area contributed by atoms with E-state index in [9.17, 15) is 5.11 Å². The molecule has 1 aromatic rings. The van der Waals surface area contributed by atoms with E-state index in [4.69, 9.17) is 0 Å². The Bertz CT molecular complexity index is 264. The molecule has 11 heavy (non-hydrogen) atoms. The van der Waals surface area contributed by atoms with Crippen molar-refractivity contribution >= 4 is 0 Å². The molecular weight excluding hydrogens is 142 g/mol. The molecule has 0 bridgehead atoms. The fourth-order valence-electron chi connectivity index (χ4n) is 1.33. The Morgan fingerprint density at radius 2 is 2.45 bits per heavy atom. The maximum Gasteiger partial charge on any atom is 0.147 e. The normalized spacial score (nSPS) is 21.3. The van der Waals surface area contributed by atoms with Crippen LogP contribution in [0.3, 0.4) is 0 Å². The second-order valence-corrected chi connectivity index (χ2v) is 3.00. The molecule has 0 spiro atoms. The van der Waals surface area contributed by atoms with E-state index in [2.05, 4.69) is 10.3 Å². The first-order valence-electron chi connectivity index (χ1n) is 3.63.